The molecule has 0 bridgehead atoms. The fourth-order valence-electron chi connectivity index (χ4n) is 1.05. The van der Waals surface area contributed by atoms with Crippen LogP contribution in [0.15, 0.2) is 24.3 Å². The number of carbonyl (C=O) groups excluding carboxylic acids is 1. The molecule has 0 unspecified atom stereocenters. The molecule has 1 aromatic carbocycles. The first kappa shape index (κ1) is 13.0. The zero-order valence-corrected chi connectivity index (χ0v) is 8.98. The number of carbonyl (C=O) groups is 2. The number of ether oxygens (including phenoxy) is 1. The minimum Gasteiger partial charge on any atom is -0.481 e. The lowest BCUT2D eigenvalue weighted by atomic mass is 10.2. The van der Waals surface area contributed by atoms with Crippen molar-refractivity contribution in [2.75, 3.05) is 6.54 Å². The van der Waals surface area contributed by atoms with Crippen molar-refractivity contribution in [2.45, 2.75) is 13.0 Å². The number of carboxylic acid groups (broad SMARTS) is 1. The minimum atomic E-state index is -0.996. The maximum absolute atomic E-state index is 12.6. The second-order valence-electron chi connectivity index (χ2n) is 3.27. The van der Waals surface area contributed by atoms with Crippen molar-refractivity contribution in [3.8, 4) is 0 Å². The zero-order valence-electron chi connectivity index (χ0n) is 8.98. The zero-order chi connectivity index (χ0) is 12.7. The van der Waals surface area contributed by atoms with Gasteiger partial charge in [0.2, 0.25) is 0 Å². The number of carboxylic acids is 1. The minimum absolute atomic E-state index is 0.0115. The Bertz CT molecular complexity index is 391. The van der Waals surface area contributed by atoms with Crippen LogP contribution in [-0.4, -0.2) is 23.7 Å². The Morgan fingerprint density at radius 1 is 1.29 bits per heavy atom. The molecule has 0 aliphatic carbocycles. The fraction of sp³-hybridized carbons (Fsp3) is 0.273. The first-order valence-electron chi connectivity index (χ1n) is 4.95. The van der Waals surface area contributed by atoms with Gasteiger partial charge >= 0.3 is 12.1 Å². The predicted octanol–water partition coefficient (Wildman–Crippen LogP) is 1.53. The third-order valence-corrected chi connectivity index (χ3v) is 1.89. The van der Waals surface area contributed by atoms with Crippen LogP contribution < -0.4 is 5.32 Å². The Hall–Kier alpha value is -2.11. The summed E-state index contributed by atoms with van der Waals surface area (Å²) in [5.74, 6) is -1.36. The molecule has 0 atom stereocenters. The van der Waals surface area contributed by atoms with Crippen LogP contribution in [0.2, 0.25) is 0 Å². The van der Waals surface area contributed by atoms with E-state index in [1.54, 1.807) is 0 Å². The van der Waals surface area contributed by atoms with E-state index in [-0.39, 0.29) is 25.4 Å². The molecular weight excluding hydrogens is 229 g/mol. The number of benzene rings is 1. The second-order valence-corrected chi connectivity index (χ2v) is 3.27. The van der Waals surface area contributed by atoms with Gasteiger partial charge in [0.25, 0.3) is 0 Å². The molecule has 1 aromatic rings. The summed E-state index contributed by atoms with van der Waals surface area (Å²) in [5, 5.41) is 10.6. The Labute approximate surface area is 97.2 Å². The van der Waals surface area contributed by atoms with Crippen LogP contribution in [0.4, 0.5) is 9.18 Å². The van der Waals surface area contributed by atoms with Crippen LogP contribution >= 0.6 is 0 Å². The van der Waals surface area contributed by atoms with E-state index in [0.29, 0.717) is 5.56 Å². The number of alkyl carbamates (subject to hydrolysis) is 1. The molecule has 0 aliphatic rings. The van der Waals surface area contributed by atoms with Crippen molar-refractivity contribution in [1.29, 1.82) is 0 Å². The second kappa shape index (κ2) is 6.47. The van der Waals surface area contributed by atoms with E-state index >= 15 is 0 Å². The van der Waals surface area contributed by atoms with Gasteiger partial charge in [0.15, 0.2) is 0 Å². The highest BCUT2D eigenvalue weighted by atomic mass is 19.1. The molecule has 0 aliphatic heterocycles. The molecule has 1 amide bonds. The van der Waals surface area contributed by atoms with Crippen LogP contribution in [0.1, 0.15) is 12.0 Å². The molecule has 1 rings (SSSR count). The van der Waals surface area contributed by atoms with Gasteiger partial charge in [-0.2, -0.15) is 0 Å². The highest BCUT2D eigenvalue weighted by molar-refractivity contribution is 5.70. The number of hydrogen-bond donors (Lipinski definition) is 2. The number of halogens is 1. The molecule has 92 valence electrons. The van der Waals surface area contributed by atoms with Crippen LogP contribution in [0.3, 0.4) is 0 Å². The monoisotopic (exact) mass is 241 g/mol. The van der Waals surface area contributed by atoms with E-state index in [2.05, 4.69) is 5.32 Å². The smallest absolute Gasteiger partial charge is 0.407 e. The molecule has 0 radical (unpaired) electrons. The van der Waals surface area contributed by atoms with E-state index in [0.717, 1.165) is 0 Å². The van der Waals surface area contributed by atoms with Gasteiger partial charge in [0.1, 0.15) is 12.4 Å². The van der Waals surface area contributed by atoms with Gasteiger partial charge in [-0.15, -0.1) is 0 Å². The Kier molecular flexibility index (Phi) is 4.93. The maximum Gasteiger partial charge on any atom is 0.407 e. The van der Waals surface area contributed by atoms with E-state index in [4.69, 9.17) is 9.84 Å². The summed E-state index contributed by atoms with van der Waals surface area (Å²) in [6.07, 6.45) is -0.860. The molecule has 0 spiro atoms. The SMILES string of the molecule is O=C(O)CCNC(=O)OCc1ccc(F)cc1. The summed E-state index contributed by atoms with van der Waals surface area (Å²) in [5.41, 5.74) is 0.653. The molecule has 0 saturated heterocycles. The van der Waals surface area contributed by atoms with Gasteiger partial charge < -0.3 is 15.2 Å². The third-order valence-electron chi connectivity index (χ3n) is 1.89. The van der Waals surface area contributed by atoms with E-state index < -0.39 is 12.1 Å². The number of nitrogens with one attached hydrogen (secondary N) is 1. The molecular formula is C11H12FNO4. The molecule has 0 aromatic heterocycles. The van der Waals surface area contributed by atoms with Crippen LogP contribution in [-0.2, 0) is 16.1 Å². The molecule has 2 N–H and O–H groups in total. The summed E-state index contributed by atoms with van der Waals surface area (Å²) in [6.45, 7) is 0.0246. The number of rotatable bonds is 5. The van der Waals surface area contributed by atoms with Gasteiger partial charge in [-0.05, 0) is 17.7 Å². The highest BCUT2D eigenvalue weighted by Crippen LogP contribution is 2.04. The lowest BCUT2D eigenvalue weighted by Gasteiger charge is -2.05. The average Bonchev–Trinajstić information content (AvgIpc) is 2.28. The molecule has 5 nitrogen and oxygen atoms in total. The quantitative estimate of drug-likeness (QED) is 0.819. The van der Waals surface area contributed by atoms with Crippen LogP contribution in [0, 0.1) is 5.82 Å². The Morgan fingerprint density at radius 2 is 1.94 bits per heavy atom. The van der Waals surface area contributed by atoms with E-state index in [1.165, 1.54) is 24.3 Å². The summed E-state index contributed by atoms with van der Waals surface area (Å²) in [6, 6.07) is 5.53. The van der Waals surface area contributed by atoms with Crippen LogP contribution in [0.5, 0.6) is 0 Å². The first-order valence-corrected chi connectivity index (χ1v) is 4.95. The molecule has 0 heterocycles. The number of amides is 1. The number of hydrogen-bond acceptors (Lipinski definition) is 3. The van der Waals surface area contributed by atoms with Crippen LogP contribution in [0.25, 0.3) is 0 Å². The third kappa shape index (κ3) is 5.50. The summed E-state index contributed by atoms with van der Waals surface area (Å²) >= 11 is 0. The summed E-state index contributed by atoms with van der Waals surface area (Å²) in [7, 11) is 0. The Morgan fingerprint density at radius 3 is 2.53 bits per heavy atom. The largest absolute Gasteiger partial charge is 0.481 e. The fourth-order valence-corrected chi connectivity index (χ4v) is 1.05. The molecule has 17 heavy (non-hydrogen) atoms. The summed E-state index contributed by atoms with van der Waals surface area (Å²) in [4.78, 5) is 21.2. The van der Waals surface area contributed by atoms with Crippen molar-refractivity contribution in [3.05, 3.63) is 35.6 Å². The normalized spacial score (nSPS) is 9.71. The maximum atomic E-state index is 12.6. The van der Waals surface area contributed by atoms with Gasteiger partial charge in [-0.1, -0.05) is 12.1 Å². The standard InChI is InChI=1S/C11H12FNO4/c12-9-3-1-8(2-4-9)7-17-11(16)13-6-5-10(14)15/h1-4H,5-7H2,(H,13,16)(H,14,15). The predicted molar refractivity (Wildman–Crippen MR) is 56.8 cm³/mol. The van der Waals surface area contributed by atoms with Crippen molar-refractivity contribution >= 4 is 12.1 Å². The summed E-state index contributed by atoms with van der Waals surface area (Å²) < 4.78 is 17.3. The molecule has 0 fully saturated rings. The average molecular weight is 241 g/mol. The topological polar surface area (TPSA) is 75.6 Å². The van der Waals surface area contributed by atoms with Gasteiger partial charge in [-0.25, -0.2) is 9.18 Å². The van der Waals surface area contributed by atoms with Gasteiger partial charge in [0, 0.05) is 6.54 Å². The first-order chi connectivity index (χ1) is 8.08. The highest BCUT2D eigenvalue weighted by Gasteiger charge is 2.03. The lowest BCUT2D eigenvalue weighted by molar-refractivity contribution is -0.136. The van der Waals surface area contributed by atoms with Crippen molar-refractivity contribution in [1.82, 2.24) is 5.32 Å². The van der Waals surface area contributed by atoms with E-state index in [1.807, 2.05) is 0 Å². The molecule has 6 heteroatoms. The van der Waals surface area contributed by atoms with E-state index in [9.17, 15) is 14.0 Å². The van der Waals surface area contributed by atoms with Gasteiger partial charge in [-0.3, -0.25) is 4.79 Å². The van der Waals surface area contributed by atoms with Gasteiger partial charge in [0.05, 0.1) is 6.42 Å². The molecule has 0 saturated carbocycles. The number of aliphatic carboxylic acids is 1. The van der Waals surface area contributed by atoms with Crippen molar-refractivity contribution < 1.29 is 23.8 Å². The van der Waals surface area contributed by atoms with Crippen molar-refractivity contribution in [3.63, 3.8) is 0 Å². The lowest BCUT2D eigenvalue weighted by Crippen LogP contribution is -2.26. The Balaban J connectivity index is 2.23. The van der Waals surface area contributed by atoms with Crippen molar-refractivity contribution in [2.24, 2.45) is 0 Å².